The van der Waals surface area contributed by atoms with Crippen molar-refractivity contribution in [1.82, 2.24) is 0 Å². The van der Waals surface area contributed by atoms with Crippen LogP contribution in [0.2, 0.25) is 0 Å². The molecule has 0 aromatic heterocycles. The predicted molar refractivity (Wildman–Crippen MR) is 79.0 cm³/mol. The van der Waals surface area contributed by atoms with Gasteiger partial charge in [-0.2, -0.15) is 0 Å². The second-order valence-corrected chi connectivity index (χ2v) is 4.85. The third-order valence-electron chi connectivity index (χ3n) is 3.43. The Hall–Kier alpha value is -2.36. The van der Waals surface area contributed by atoms with Crippen molar-refractivity contribution in [3.05, 3.63) is 42.0 Å². The Kier molecular flexibility index (Phi) is 4.03. The number of carboxylic acid groups (broad SMARTS) is 1. The smallest absolute Gasteiger partial charge is 0.337 e. The van der Waals surface area contributed by atoms with Crippen molar-refractivity contribution in [2.24, 2.45) is 5.92 Å². The van der Waals surface area contributed by atoms with Gasteiger partial charge in [0.25, 0.3) is 0 Å². The maximum Gasteiger partial charge on any atom is 0.337 e. The normalized spacial score (nSPS) is 12.1. The van der Waals surface area contributed by atoms with Crippen LogP contribution in [0, 0.1) is 5.92 Å². The number of carbonyl (C=O) groups is 2. The summed E-state index contributed by atoms with van der Waals surface area (Å²) >= 11 is 0. The standard InChI is InChI=1S/C16H17NO3/c1-3-10(2)15(18)17-14-9-12-7-5-4-6-11(12)8-13(14)16(19)20/h4-10H,3H2,1-2H3,(H,17,18)(H,19,20). The summed E-state index contributed by atoms with van der Waals surface area (Å²) in [6.45, 7) is 3.74. The zero-order valence-corrected chi connectivity index (χ0v) is 11.5. The molecule has 20 heavy (non-hydrogen) atoms. The minimum absolute atomic E-state index is 0.111. The van der Waals surface area contributed by atoms with Crippen molar-refractivity contribution < 1.29 is 14.7 Å². The van der Waals surface area contributed by atoms with Crippen LogP contribution in [0.4, 0.5) is 5.69 Å². The summed E-state index contributed by atoms with van der Waals surface area (Å²) in [5, 5.41) is 13.7. The highest BCUT2D eigenvalue weighted by atomic mass is 16.4. The van der Waals surface area contributed by atoms with E-state index in [0.717, 1.165) is 10.8 Å². The molecule has 2 aromatic rings. The number of nitrogens with one attached hydrogen (secondary N) is 1. The topological polar surface area (TPSA) is 66.4 Å². The summed E-state index contributed by atoms with van der Waals surface area (Å²) in [7, 11) is 0. The van der Waals surface area contributed by atoms with Crippen molar-refractivity contribution in [1.29, 1.82) is 0 Å². The fourth-order valence-electron chi connectivity index (χ4n) is 1.96. The van der Waals surface area contributed by atoms with Crippen molar-refractivity contribution in [3.8, 4) is 0 Å². The quantitative estimate of drug-likeness (QED) is 0.894. The first-order valence-electron chi connectivity index (χ1n) is 6.60. The molecule has 4 nitrogen and oxygen atoms in total. The van der Waals surface area contributed by atoms with Crippen molar-refractivity contribution in [3.63, 3.8) is 0 Å². The SMILES string of the molecule is CCC(C)C(=O)Nc1cc2ccccc2cc1C(=O)O. The highest BCUT2D eigenvalue weighted by molar-refractivity contribution is 6.05. The van der Waals surface area contributed by atoms with Gasteiger partial charge in [-0.25, -0.2) is 4.79 Å². The molecule has 0 saturated carbocycles. The lowest BCUT2D eigenvalue weighted by molar-refractivity contribution is -0.119. The summed E-state index contributed by atoms with van der Waals surface area (Å²) in [6.07, 6.45) is 0.710. The van der Waals surface area contributed by atoms with E-state index in [-0.39, 0.29) is 17.4 Å². The molecule has 2 rings (SSSR count). The Morgan fingerprint density at radius 2 is 1.80 bits per heavy atom. The fraction of sp³-hybridized carbons (Fsp3) is 0.250. The summed E-state index contributed by atoms with van der Waals surface area (Å²) in [6, 6.07) is 10.8. The van der Waals surface area contributed by atoms with E-state index in [4.69, 9.17) is 0 Å². The molecule has 0 aliphatic heterocycles. The van der Waals surface area contributed by atoms with E-state index in [0.29, 0.717) is 12.1 Å². The molecule has 0 aliphatic rings. The minimum atomic E-state index is -1.05. The number of anilines is 1. The van der Waals surface area contributed by atoms with E-state index in [9.17, 15) is 14.7 Å². The van der Waals surface area contributed by atoms with Gasteiger partial charge in [0.2, 0.25) is 5.91 Å². The van der Waals surface area contributed by atoms with Crippen LogP contribution in [0.25, 0.3) is 10.8 Å². The predicted octanol–water partition coefficient (Wildman–Crippen LogP) is 3.52. The number of aromatic carboxylic acids is 1. The van der Waals surface area contributed by atoms with Crippen LogP contribution in [-0.2, 0) is 4.79 Å². The Balaban J connectivity index is 2.47. The lowest BCUT2D eigenvalue weighted by atomic mass is 10.0. The van der Waals surface area contributed by atoms with E-state index in [1.807, 2.05) is 38.1 Å². The van der Waals surface area contributed by atoms with Crippen LogP contribution in [0.5, 0.6) is 0 Å². The van der Waals surface area contributed by atoms with E-state index in [2.05, 4.69) is 5.32 Å². The van der Waals surface area contributed by atoms with Crippen molar-refractivity contribution in [2.75, 3.05) is 5.32 Å². The molecular weight excluding hydrogens is 254 g/mol. The first-order valence-corrected chi connectivity index (χ1v) is 6.60. The van der Waals surface area contributed by atoms with Gasteiger partial charge < -0.3 is 10.4 Å². The summed E-state index contributed by atoms with van der Waals surface area (Å²) in [5.41, 5.74) is 0.460. The first-order chi connectivity index (χ1) is 9.52. The van der Waals surface area contributed by atoms with Gasteiger partial charge in [0, 0.05) is 5.92 Å². The Bertz CT molecular complexity index is 664. The van der Waals surface area contributed by atoms with Crippen molar-refractivity contribution >= 4 is 28.3 Å². The second kappa shape index (κ2) is 5.74. The van der Waals surface area contributed by atoms with Gasteiger partial charge in [-0.3, -0.25) is 4.79 Å². The van der Waals surface area contributed by atoms with Crippen LogP contribution < -0.4 is 5.32 Å². The molecule has 1 amide bonds. The molecule has 2 aromatic carbocycles. The largest absolute Gasteiger partial charge is 0.478 e. The number of hydrogen-bond acceptors (Lipinski definition) is 2. The number of hydrogen-bond donors (Lipinski definition) is 2. The van der Waals surface area contributed by atoms with Gasteiger partial charge in [0.15, 0.2) is 0 Å². The van der Waals surface area contributed by atoms with Gasteiger partial charge in [-0.15, -0.1) is 0 Å². The van der Waals surface area contributed by atoms with Crippen LogP contribution in [-0.4, -0.2) is 17.0 Å². The molecule has 0 bridgehead atoms. The lowest BCUT2D eigenvalue weighted by Crippen LogP contribution is -2.21. The monoisotopic (exact) mass is 271 g/mol. The highest BCUT2D eigenvalue weighted by Crippen LogP contribution is 2.25. The lowest BCUT2D eigenvalue weighted by Gasteiger charge is -2.13. The number of amides is 1. The van der Waals surface area contributed by atoms with Gasteiger partial charge in [-0.05, 0) is 29.3 Å². The van der Waals surface area contributed by atoms with E-state index < -0.39 is 5.97 Å². The third kappa shape index (κ3) is 2.79. The van der Waals surface area contributed by atoms with E-state index >= 15 is 0 Å². The second-order valence-electron chi connectivity index (χ2n) is 4.85. The van der Waals surface area contributed by atoms with Gasteiger partial charge in [0.05, 0.1) is 11.3 Å². The molecule has 104 valence electrons. The van der Waals surface area contributed by atoms with Gasteiger partial charge in [0.1, 0.15) is 0 Å². The molecule has 4 heteroatoms. The zero-order valence-electron chi connectivity index (χ0n) is 11.5. The van der Waals surface area contributed by atoms with Gasteiger partial charge >= 0.3 is 5.97 Å². The molecule has 0 heterocycles. The number of benzene rings is 2. The minimum Gasteiger partial charge on any atom is -0.478 e. The molecule has 0 radical (unpaired) electrons. The molecule has 0 spiro atoms. The third-order valence-corrected chi connectivity index (χ3v) is 3.43. The average molecular weight is 271 g/mol. The average Bonchev–Trinajstić information content (AvgIpc) is 2.45. The summed E-state index contributed by atoms with van der Waals surface area (Å²) in [4.78, 5) is 23.3. The Labute approximate surface area is 117 Å². The van der Waals surface area contributed by atoms with Gasteiger partial charge in [-0.1, -0.05) is 38.1 Å². The highest BCUT2D eigenvalue weighted by Gasteiger charge is 2.16. The molecule has 1 atom stereocenters. The molecule has 0 saturated heterocycles. The first kappa shape index (κ1) is 14.1. The van der Waals surface area contributed by atoms with Crippen LogP contribution >= 0.6 is 0 Å². The molecule has 0 aliphatic carbocycles. The maximum absolute atomic E-state index is 12.0. The van der Waals surface area contributed by atoms with Crippen LogP contribution in [0.1, 0.15) is 30.6 Å². The fourth-order valence-corrected chi connectivity index (χ4v) is 1.96. The van der Waals surface area contributed by atoms with E-state index in [1.165, 1.54) is 0 Å². The van der Waals surface area contributed by atoms with Crippen LogP contribution in [0.3, 0.4) is 0 Å². The molecule has 2 N–H and O–H groups in total. The molecular formula is C16H17NO3. The van der Waals surface area contributed by atoms with Crippen molar-refractivity contribution in [2.45, 2.75) is 20.3 Å². The summed E-state index contributed by atoms with van der Waals surface area (Å²) < 4.78 is 0. The number of fused-ring (bicyclic) bond motifs is 1. The number of carbonyl (C=O) groups excluding carboxylic acids is 1. The zero-order chi connectivity index (χ0) is 14.7. The Morgan fingerprint density at radius 1 is 1.20 bits per heavy atom. The number of rotatable bonds is 4. The number of carboxylic acids is 1. The molecule has 0 fully saturated rings. The van der Waals surface area contributed by atoms with Crippen LogP contribution in [0.15, 0.2) is 36.4 Å². The maximum atomic E-state index is 12.0. The Morgan fingerprint density at radius 3 is 2.35 bits per heavy atom. The molecule has 1 unspecified atom stereocenters. The summed E-state index contributed by atoms with van der Waals surface area (Å²) in [5.74, 6) is -1.36. The van der Waals surface area contributed by atoms with E-state index in [1.54, 1.807) is 12.1 Å².